The number of nitrogens with zero attached hydrogens (tertiary/aromatic N) is 1. The van der Waals surface area contributed by atoms with E-state index in [9.17, 15) is 0 Å². The number of hydrogen-bond acceptors (Lipinski definition) is 2. The molecule has 0 fully saturated rings. The number of hydrogen-bond donors (Lipinski definition) is 0. The fourth-order valence-electron chi connectivity index (χ4n) is 6.94. The van der Waals surface area contributed by atoms with Gasteiger partial charge < -0.3 is 9.32 Å². The van der Waals surface area contributed by atoms with Crippen LogP contribution in [0.3, 0.4) is 0 Å². The van der Waals surface area contributed by atoms with Crippen molar-refractivity contribution in [3.05, 3.63) is 176 Å². The van der Waals surface area contributed by atoms with E-state index < -0.39 is 0 Å². The average Bonchev–Trinajstić information content (AvgIpc) is 3.52. The maximum atomic E-state index is 6.43. The molecule has 0 bridgehead atoms. The Bertz CT molecular complexity index is 2520. The molecule has 1 aromatic heterocycles. The molecule has 0 aliphatic rings. The van der Waals surface area contributed by atoms with Crippen molar-refractivity contribution in [2.45, 2.75) is 0 Å². The zero-order valence-electron chi connectivity index (χ0n) is 25.1. The number of benzene rings is 8. The summed E-state index contributed by atoms with van der Waals surface area (Å²) in [6, 6.07) is 62.8. The van der Waals surface area contributed by atoms with Gasteiger partial charge in [-0.05, 0) is 63.2 Å². The first-order valence-corrected chi connectivity index (χ1v) is 15.7. The lowest BCUT2D eigenvalue weighted by Crippen LogP contribution is -2.12. The Labute approximate surface area is 267 Å². The molecule has 0 atom stereocenters. The summed E-state index contributed by atoms with van der Waals surface area (Å²) in [4.78, 5) is 2.44. The zero-order chi connectivity index (χ0) is 30.5. The Morgan fingerprint density at radius 3 is 1.80 bits per heavy atom. The van der Waals surface area contributed by atoms with Gasteiger partial charge in [0.2, 0.25) is 0 Å². The Balaban J connectivity index is 1.39. The third-order valence-corrected chi connectivity index (χ3v) is 9.06. The van der Waals surface area contributed by atoms with Crippen LogP contribution in [-0.4, -0.2) is 0 Å². The molecule has 9 rings (SSSR count). The lowest BCUT2D eigenvalue weighted by Gasteiger charge is -2.30. The molecule has 8 aromatic carbocycles. The maximum Gasteiger partial charge on any atom is 0.137 e. The molecule has 0 spiro atoms. The molecule has 0 aliphatic heterocycles. The first-order valence-electron chi connectivity index (χ1n) is 15.7. The van der Waals surface area contributed by atoms with Gasteiger partial charge in [-0.15, -0.1) is 0 Å². The van der Waals surface area contributed by atoms with Crippen molar-refractivity contribution in [3.8, 4) is 22.3 Å². The number of fused-ring (bicyclic) bond motifs is 5. The van der Waals surface area contributed by atoms with E-state index >= 15 is 0 Å². The van der Waals surface area contributed by atoms with Gasteiger partial charge in [-0.1, -0.05) is 146 Å². The zero-order valence-corrected chi connectivity index (χ0v) is 25.1. The molecular formula is C44H29NO. The van der Waals surface area contributed by atoms with Gasteiger partial charge in [0, 0.05) is 22.0 Å². The predicted molar refractivity (Wildman–Crippen MR) is 194 cm³/mol. The molecule has 9 aromatic rings. The van der Waals surface area contributed by atoms with Crippen LogP contribution in [0.15, 0.2) is 180 Å². The van der Waals surface area contributed by atoms with Crippen molar-refractivity contribution in [2.24, 2.45) is 0 Å². The molecule has 46 heavy (non-hydrogen) atoms. The summed E-state index contributed by atoms with van der Waals surface area (Å²) in [5, 5.41) is 7.03. The molecule has 0 amide bonds. The van der Waals surface area contributed by atoms with Gasteiger partial charge in [0.25, 0.3) is 0 Å². The first-order chi connectivity index (χ1) is 22.8. The topological polar surface area (TPSA) is 16.4 Å². The van der Waals surface area contributed by atoms with E-state index in [4.69, 9.17) is 4.42 Å². The molecule has 1 heterocycles. The third kappa shape index (κ3) is 4.27. The van der Waals surface area contributed by atoms with Gasteiger partial charge in [0.15, 0.2) is 0 Å². The molecule has 0 unspecified atom stereocenters. The van der Waals surface area contributed by atoms with Crippen molar-refractivity contribution in [1.29, 1.82) is 0 Å². The monoisotopic (exact) mass is 587 g/mol. The van der Waals surface area contributed by atoms with Crippen LogP contribution in [0.4, 0.5) is 17.1 Å². The van der Waals surface area contributed by atoms with E-state index in [1.165, 1.54) is 43.8 Å². The van der Waals surface area contributed by atoms with Gasteiger partial charge in [0.1, 0.15) is 11.2 Å². The minimum absolute atomic E-state index is 0.872. The van der Waals surface area contributed by atoms with Gasteiger partial charge in [-0.3, -0.25) is 0 Å². The van der Waals surface area contributed by atoms with E-state index in [0.717, 1.165) is 39.0 Å². The molecule has 2 heteroatoms. The summed E-state index contributed by atoms with van der Waals surface area (Å²) < 4.78 is 6.43. The molecular weight excluding hydrogens is 558 g/mol. The minimum atomic E-state index is 0.872. The Morgan fingerprint density at radius 2 is 0.978 bits per heavy atom. The second kappa shape index (κ2) is 10.8. The first kappa shape index (κ1) is 26.3. The highest BCUT2D eigenvalue weighted by molar-refractivity contribution is 6.17. The summed E-state index contributed by atoms with van der Waals surface area (Å²) >= 11 is 0. The lowest BCUT2D eigenvalue weighted by molar-refractivity contribution is 0.669. The second-order valence-corrected chi connectivity index (χ2v) is 11.7. The SMILES string of the molecule is c1ccc(-c2ccc(N(c3c(-c4cccc5ccccc45)ccc4ccccc34)c3cccc4oc5ccccc5c34)cc2)cc1. The van der Waals surface area contributed by atoms with E-state index in [-0.39, 0.29) is 0 Å². The Morgan fingerprint density at radius 1 is 0.370 bits per heavy atom. The standard InChI is InChI=1S/C44H29NO/c1-2-12-30(13-3-1)31-24-27-34(28-25-31)45(40-21-11-23-42-43(40)39-19-8-9-22-41(39)46-42)44-36-18-7-5-15-33(36)26-29-38(44)37-20-10-16-32-14-4-6-17-35(32)37/h1-29H. The van der Waals surface area contributed by atoms with Crippen LogP contribution < -0.4 is 4.90 Å². The van der Waals surface area contributed by atoms with Crippen LogP contribution in [0, 0.1) is 0 Å². The van der Waals surface area contributed by atoms with Crippen molar-refractivity contribution >= 4 is 60.5 Å². The van der Waals surface area contributed by atoms with Gasteiger partial charge in [-0.25, -0.2) is 0 Å². The highest BCUT2D eigenvalue weighted by atomic mass is 16.3. The summed E-state index contributed by atoms with van der Waals surface area (Å²) in [7, 11) is 0. The second-order valence-electron chi connectivity index (χ2n) is 11.7. The van der Waals surface area contributed by atoms with Crippen LogP contribution in [0.5, 0.6) is 0 Å². The average molecular weight is 588 g/mol. The molecule has 216 valence electrons. The largest absolute Gasteiger partial charge is 0.456 e. The van der Waals surface area contributed by atoms with Crippen LogP contribution in [0.1, 0.15) is 0 Å². The lowest BCUT2D eigenvalue weighted by atomic mass is 9.92. The van der Waals surface area contributed by atoms with E-state index in [1.54, 1.807) is 0 Å². The van der Waals surface area contributed by atoms with E-state index in [1.807, 2.05) is 6.07 Å². The smallest absolute Gasteiger partial charge is 0.137 e. The number of rotatable bonds is 5. The molecule has 0 saturated heterocycles. The minimum Gasteiger partial charge on any atom is -0.456 e. The Hall–Kier alpha value is -6.12. The number of furan rings is 1. The highest BCUT2D eigenvalue weighted by Crippen LogP contribution is 2.49. The van der Waals surface area contributed by atoms with Crippen molar-refractivity contribution < 1.29 is 4.42 Å². The van der Waals surface area contributed by atoms with Crippen LogP contribution in [0.25, 0.3) is 65.7 Å². The number of anilines is 3. The van der Waals surface area contributed by atoms with Gasteiger partial charge in [-0.2, -0.15) is 0 Å². The van der Waals surface area contributed by atoms with Crippen molar-refractivity contribution in [3.63, 3.8) is 0 Å². The van der Waals surface area contributed by atoms with E-state index in [2.05, 4.69) is 175 Å². The maximum absolute atomic E-state index is 6.43. The summed E-state index contributed by atoms with van der Waals surface area (Å²) in [6.45, 7) is 0. The summed E-state index contributed by atoms with van der Waals surface area (Å²) in [5.41, 5.74) is 9.81. The molecule has 2 nitrogen and oxygen atoms in total. The number of para-hydroxylation sites is 1. The highest BCUT2D eigenvalue weighted by Gasteiger charge is 2.24. The van der Waals surface area contributed by atoms with Gasteiger partial charge >= 0.3 is 0 Å². The summed E-state index contributed by atoms with van der Waals surface area (Å²) in [6.07, 6.45) is 0. The predicted octanol–water partition coefficient (Wildman–Crippen LogP) is 12.7. The molecule has 0 N–H and O–H groups in total. The van der Waals surface area contributed by atoms with Crippen molar-refractivity contribution in [1.82, 2.24) is 0 Å². The molecule has 0 saturated carbocycles. The fourth-order valence-corrected chi connectivity index (χ4v) is 6.94. The Kier molecular flexibility index (Phi) is 6.17. The third-order valence-electron chi connectivity index (χ3n) is 9.06. The van der Waals surface area contributed by atoms with Crippen LogP contribution >= 0.6 is 0 Å². The summed E-state index contributed by atoms with van der Waals surface area (Å²) in [5.74, 6) is 0. The molecule has 0 radical (unpaired) electrons. The van der Waals surface area contributed by atoms with Gasteiger partial charge in [0.05, 0.1) is 16.8 Å². The van der Waals surface area contributed by atoms with Crippen LogP contribution in [0.2, 0.25) is 0 Å². The quantitative estimate of drug-likeness (QED) is 0.199. The van der Waals surface area contributed by atoms with Crippen LogP contribution in [-0.2, 0) is 0 Å². The van der Waals surface area contributed by atoms with E-state index in [0.29, 0.717) is 0 Å². The normalized spacial score (nSPS) is 11.5. The molecule has 0 aliphatic carbocycles. The van der Waals surface area contributed by atoms with Crippen molar-refractivity contribution in [2.75, 3.05) is 4.90 Å². The fraction of sp³-hybridized carbons (Fsp3) is 0.